The van der Waals surface area contributed by atoms with Crippen molar-refractivity contribution in [2.45, 2.75) is 25.9 Å². The van der Waals surface area contributed by atoms with E-state index >= 15 is 0 Å². The van der Waals surface area contributed by atoms with E-state index < -0.39 is 5.54 Å². The molecule has 0 heterocycles. The van der Waals surface area contributed by atoms with Crippen molar-refractivity contribution in [1.29, 1.82) is 5.26 Å². The molecule has 0 fully saturated rings. The van der Waals surface area contributed by atoms with Gasteiger partial charge >= 0.3 is 5.97 Å². The summed E-state index contributed by atoms with van der Waals surface area (Å²) in [5, 5.41) is 12.4. The van der Waals surface area contributed by atoms with Gasteiger partial charge in [0.25, 0.3) is 0 Å². The molecule has 0 amide bonds. The van der Waals surface area contributed by atoms with E-state index in [1.54, 1.807) is 13.8 Å². The lowest BCUT2D eigenvalue weighted by Gasteiger charge is -2.23. The van der Waals surface area contributed by atoms with Crippen molar-refractivity contribution in [1.82, 2.24) is 5.32 Å². The minimum atomic E-state index is -0.735. The minimum Gasteiger partial charge on any atom is -0.468 e. The summed E-state index contributed by atoms with van der Waals surface area (Å²) >= 11 is 0. The van der Waals surface area contributed by atoms with Gasteiger partial charge in [0.15, 0.2) is 0 Å². The van der Waals surface area contributed by atoms with Gasteiger partial charge in [-0.25, -0.2) is 0 Å². The van der Waals surface area contributed by atoms with Crippen LogP contribution in [-0.4, -0.2) is 18.6 Å². The average Bonchev–Trinajstić information content (AvgIpc) is 2.59. The van der Waals surface area contributed by atoms with Crippen molar-refractivity contribution < 1.29 is 9.53 Å². The van der Waals surface area contributed by atoms with Crippen LogP contribution >= 0.6 is 0 Å². The first-order chi connectivity index (χ1) is 11.0. The molecule has 0 spiro atoms. The second-order valence-electron chi connectivity index (χ2n) is 5.82. The Bertz CT molecular complexity index is 728. The Labute approximate surface area is 136 Å². The zero-order valence-electron chi connectivity index (χ0n) is 13.6. The van der Waals surface area contributed by atoms with Gasteiger partial charge in [-0.1, -0.05) is 42.5 Å². The molecule has 0 saturated heterocycles. The minimum absolute atomic E-state index is 0.294. The molecule has 0 atom stereocenters. The van der Waals surface area contributed by atoms with Gasteiger partial charge in [-0.05, 0) is 36.6 Å². The molecule has 0 radical (unpaired) electrons. The normalized spacial score (nSPS) is 10.9. The molecule has 0 aliphatic carbocycles. The zero-order valence-corrected chi connectivity index (χ0v) is 13.6. The van der Waals surface area contributed by atoms with E-state index in [0.717, 1.165) is 16.7 Å². The standard InChI is InChI=1S/C19H20N2O2/c1-19(2,18(22)23-3)21-13-14-8-10-15(11-9-14)17-7-5-4-6-16(17)12-20/h4-11,21H,13H2,1-3H3. The highest BCUT2D eigenvalue weighted by Gasteiger charge is 2.27. The van der Waals surface area contributed by atoms with Crippen molar-refractivity contribution in [3.05, 3.63) is 59.7 Å². The maximum atomic E-state index is 11.6. The molecule has 0 unspecified atom stereocenters. The van der Waals surface area contributed by atoms with E-state index in [2.05, 4.69) is 11.4 Å². The summed E-state index contributed by atoms with van der Waals surface area (Å²) in [7, 11) is 1.38. The fourth-order valence-corrected chi connectivity index (χ4v) is 2.28. The molecule has 2 aromatic rings. The summed E-state index contributed by atoms with van der Waals surface area (Å²) < 4.78 is 4.77. The smallest absolute Gasteiger partial charge is 0.325 e. The molecular formula is C19H20N2O2. The van der Waals surface area contributed by atoms with Crippen LogP contribution in [-0.2, 0) is 16.1 Å². The summed E-state index contributed by atoms with van der Waals surface area (Å²) in [4.78, 5) is 11.6. The Hall–Kier alpha value is -2.64. The number of carbonyl (C=O) groups is 1. The lowest BCUT2D eigenvalue weighted by Crippen LogP contribution is -2.46. The average molecular weight is 308 g/mol. The Kier molecular flexibility index (Phi) is 5.15. The number of carbonyl (C=O) groups excluding carboxylic acids is 1. The maximum absolute atomic E-state index is 11.6. The molecule has 2 aromatic carbocycles. The van der Waals surface area contributed by atoms with Crippen LogP contribution in [0.4, 0.5) is 0 Å². The third-order valence-corrected chi connectivity index (χ3v) is 3.74. The lowest BCUT2D eigenvalue weighted by atomic mass is 9.99. The van der Waals surface area contributed by atoms with Crippen LogP contribution < -0.4 is 5.32 Å². The van der Waals surface area contributed by atoms with E-state index in [4.69, 9.17) is 4.74 Å². The number of ether oxygens (including phenoxy) is 1. The molecule has 2 rings (SSSR count). The zero-order chi connectivity index (χ0) is 16.9. The van der Waals surface area contributed by atoms with Crippen LogP contribution in [0.25, 0.3) is 11.1 Å². The number of nitrogens with one attached hydrogen (secondary N) is 1. The topological polar surface area (TPSA) is 62.1 Å². The first kappa shape index (κ1) is 16.7. The van der Waals surface area contributed by atoms with Crippen LogP contribution in [0.5, 0.6) is 0 Å². The number of hydrogen-bond donors (Lipinski definition) is 1. The van der Waals surface area contributed by atoms with Gasteiger partial charge in [-0.3, -0.25) is 10.1 Å². The fourth-order valence-electron chi connectivity index (χ4n) is 2.28. The van der Waals surface area contributed by atoms with Crippen LogP contribution in [0.1, 0.15) is 25.0 Å². The molecule has 0 bridgehead atoms. The lowest BCUT2D eigenvalue weighted by molar-refractivity contribution is -0.147. The molecule has 0 saturated carbocycles. The number of benzene rings is 2. The third-order valence-electron chi connectivity index (χ3n) is 3.74. The van der Waals surface area contributed by atoms with Crippen LogP contribution in [0, 0.1) is 11.3 Å². The molecule has 4 heteroatoms. The fraction of sp³-hybridized carbons (Fsp3) is 0.263. The van der Waals surface area contributed by atoms with E-state index in [-0.39, 0.29) is 5.97 Å². The van der Waals surface area contributed by atoms with Gasteiger partial charge in [0.05, 0.1) is 18.7 Å². The summed E-state index contributed by atoms with van der Waals surface area (Å²) in [5.74, 6) is -0.294. The summed E-state index contributed by atoms with van der Waals surface area (Å²) in [6, 6.07) is 17.7. The number of esters is 1. The van der Waals surface area contributed by atoms with Gasteiger partial charge in [0.1, 0.15) is 5.54 Å². The van der Waals surface area contributed by atoms with Gasteiger partial charge in [0.2, 0.25) is 0 Å². The van der Waals surface area contributed by atoms with E-state index in [0.29, 0.717) is 12.1 Å². The van der Waals surface area contributed by atoms with E-state index in [1.807, 2.05) is 48.5 Å². The number of hydrogen-bond acceptors (Lipinski definition) is 4. The van der Waals surface area contributed by atoms with Crippen molar-refractivity contribution in [2.24, 2.45) is 0 Å². The first-order valence-electron chi connectivity index (χ1n) is 7.40. The van der Waals surface area contributed by atoms with Gasteiger partial charge in [-0.2, -0.15) is 5.26 Å². The molecule has 23 heavy (non-hydrogen) atoms. The van der Waals surface area contributed by atoms with Crippen molar-refractivity contribution >= 4 is 5.97 Å². The Morgan fingerprint density at radius 2 is 1.83 bits per heavy atom. The van der Waals surface area contributed by atoms with E-state index in [1.165, 1.54) is 7.11 Å². The Morgan fingerprint density at radius 1 is 1.17 bits per heavy atom. The molecule has 0 aromatic heterocycles. The molecule has 118 valence electrons. The SMILES string of the molecule is COC(=O)C(C)(C)NCc1ccc(-c2ccccc2C#N)cc1. The second-order valence-corrected chi connectivity index (χ2v) is 5.82. The number of nitriles is 1. The van der Waals surface area contributed by atoms with Gasteiger partial charge in [0, 0.05) is 6.54 Å². The molecule has 0 aliphatic heterocycles. The van der Waals surface area contributed by atoms with Gasteiger partial charge in [-0.15, -0.1) is 0 Å². The predicted molar refractivity (Wildman–Crippen MR) is 89.5 cm³/mol. The van der Waals surface area contributed by atoms with Gasteiger partial charge < -0.3 is 4.74 Å². The van der Waals surface area contributed by atoms with Crippen LogP contribution in [0.3, 0.4) is 0 Å². The van der Waals surface area contributed by atoms with Crippen LogP contribution in [0.2, 0.25) is 0 Å². The third kappa shape index (κ3) is 3.97. The molecule has 4 nitrogen and oxygen atoms in total. The Balaban J connectivity index is 2.12. The highest BCUT2D eigenvalue weighted by Crippen LogP contribution is 2.23. The summed E-state index contributed by atoms with van der Waals surface area (Å²) in [6.07, 6.45) is 0. The summed E-state index contributed by atoms with van der Waals surface area (Å²) in [5.41, 5.74) is 2.90. The number of rotatable bonds is 5. The number of nitrogens with zero attached hydrogens (tertiary/aromatic N) is 1. The van der Waals surface area contributed by atoms with Crippen molar-refractivity contribution in [2.75, 3.05) is 7.11 Å². The highest BCUT2D eigenvalue weighted by atomic mass is 16.5. The Morgan fingerprint density at radius 3 is 2.43 bits per heavy atom. The molecule has 1 N–H and O–H groups in total. The predicted octanol–water partition coefficient (Wildman–Crippen LogP) is 3.27. The quantitative estimate of drug-likeness (QED) is 0.861. The summed E-state index contributed by atoms with van der Waals surface area (Å²) in [6.45, 7) is 4.13. The number of methoxy groups -OCH3 is 1. The van der Waals surface area contributed by atoms with Crippen LogP contribution in [0.15, 0.2) is 48.5 Å². The van der Waals surface area contributed by atoms with Crippen molar-refractivity contribution in [3.63, 3.8) is 0 Å². The van der Waals surface area contributed by atoms with Crippen molar-refractivity contribution in [3.8, 4) is 17.2 Å². The maximum Gasteiger partial charge on any atom is 0.325 e. The largest absolute Gasteiger partial charge is 0.468 e. The highest BCUT2D eigenvalue weighted by molar-refractivity contribution is 5.79. The molecule has 0 aliphatic rings. The van der Waals surface area contributed by atoms with E-state index in [9.17, 15) is 10.1 Å². The second kappa shape index (κ2) is 7.08. The first-order valence-corrected chi connectivity index (χ1v) is 7.40. The molecular weight excluding hydrogens is 288 g/mol. The monoisotopic (exact) mass is 308 g/mol.